The molecule has 2 atom stereocenters. The van der Waals surface area contributed by atoms with Crippen molar-refractivity contribution in [3.63, 3.8) is 0 Å². The predicted octanol–water partition coefficient (Wildman–Crippen LogP) is 2.22. The van der Waals surface area contributed by atoms with Gasteiger partial charge in [0.2, 0.25) is 0 Å². The SMILES string of the molecule is CC1CCC(CNC(=O)c2ccc(F)c(F)c2F)CN1. The van der Waals surface area contributed by atoms with Gasteiger partial charge >= 0.3 is 0 Å². The molecular formula is C14H17F3N2O. The molecule has 2 unspecified atom stereocenters. The number of piperidine rings is 1. The third-order valence-corrected chi connectivity index (χ3v) is 3.59. The number of halogens is 3. The van der Waals surface area contributed by atoms with Crippen molar-refractivity contribution in [3.8, 4) is 0 Å². The van der Waals surface area contributed by atoms with E-state index < -0.39 is 28.9 Å². The number of rotatable bonds is 3. The highest BCUT2D eigenvalue weighted by Crippen LogP contribution is 2.16. The summed E-state index contributed by atoms with van der Waals surface area (Å²) in [5.41, 5.74) is -0.471. The zero-order valence-electron chi connectivity index (χ0n) is 11.2. The second-order valence-electron chi connectivity index (χ2n) is 5.19. The summed E-state index contributed by atoms with van der Waals surface area (Å²) in [7, 11) is 0. The molecule has 2 N–H and O–H groups in total. The Kier molecular flexibility index (Phi) is 4.65. The molecule has 0 aliphatic carbocycles. The molecule has 1 aromatic rings. The Morgan fingerprint density at radius 3 is 2.70 bits per heavy atom. The van der Waals surface area contributed by atoms with Crippen LogP contribution in [0.4, 0.5) is 13.2 Å². The Morgan fingerprint density at radius 2 is 2.05 bits per heavy atom. The Labute approximate surface area is 115 Å². The van der Waals surface area contributed by atoms with Crippen LogP contribution in [0.1, 0.15) is 30.1 Å². The van der Waals surface area contributed by atoms with E-state index in [1.165, 1.54) is 0 Å². The molecule has 1 saturated heterocycles. The quantitative estimate of drug-likeness (QED) is 0.837. The molecule has 6 heteroatoms. The van der Waals surface area contributed by atoms with Crippen molar-refractivity contribution in [2.24, 2.45) is 5.92 Å². The average Bonchev–Trinajstić information content (AvgIpc) is 2.44. The van der Waals surface area contributed by atoms with Crippen LogP contribution in [0.5, 0.6) is 0 Å². The van der Waals surface area contributed by atoms with Crippen LogP contribution in [0, 0.1) is 23.4 Å². The molecule has 20 heavy (non-hydrogen) atoms. The van der Waals surface area contributed by atoms with E-state index in [9.17, 15) is 18.0 Å². The monoisotopic (exact) mass is 286 g/mol. The number of hydrogen-bond acceptors (Lipinski definition) is 2. The van der Waals surface area contributed by atoms with Gasteiger partial charge in [-0.05, 0) is 44.4 Å². The van der Waals surface area contributed by atoms with Gasteiger partial charge in [0.1, 0.15) is 0 Å². The molecule has 0 bridgehead atoms. The fourth-order valence-corrected chi connectivity index (χ4v) is 2.27. The Morgan fingerprint density at radius 1 is 1.30 bits per heavy atom. The number of amides is 1. The number of carbonyl (C=O) groups excluding carboxylic acids is 1. The molecule has 1 aromatic carbocycles. The summed E-state index contributed by atoms with van der Waals surface area (Å²) >= 11 is 0. The fraction of sp³-hybridized carbons (Fsp3) is 0.500. The number of carbonyl (C=O) groups is 1. The maximum atomic E-state index is 13.4. The molecule has 3 nitrogen and oxygen atoms in total. The summed E-state index contributed by atoms with van der Waals surface area (Å²) in [5, 5.41) is 5.85. The first kappa shape index (κ1) is 14.8. The van der Waals surface area contributed by atoms with Crippen LogP contribution in [0.25, 0.3) is 0 Å². The normalized spacial score (nSPS) is 22.6. The van der Waals surface area contributed by atoms with Gasteiger partial charge in [0.15, 0.2) is 17.5 Å². The minimum Gasteiger partial charge on any atom is -0.352 e. The van der Waals surface area contributed by atoms with Crippen molar-refractivity contribution in [2.45, 2.75) is 25.8 Å². The Hall–Kier alpha value is -1.56. The van der Waals surface area contributed by atoms with E-state index in [2.05, 4.69) is 17.6 Å². The Balaban J connectivity index is 1.94. The molecule has 2 rings (SSSR count). The van der Waals surface area contributed by atoms with E-state index >= 15 is 0 Å². The van der Waals surface area contributed by atoms with E-state index in [0.29, 0.717) is 12.6 Å². The van der Waals surface area contributed by atoms with Gasteiger partial charge in [0.05, 0.1) is 5.56 Å². The first-order valence-electron chi connectivity index (χ1n) is 6.64. The number of nitrogens with one attached hydrogen (secondary N) is 2. The standard InChI is InChI=1S/C14H17F3N2O/c1-8-2-3-9(6-18-8)7-19-14(20)10-4-5-11(15)13(17)12(10)16/h4-5,8-9,18H,2-3,6-7H2,1H3,(H,19,20). The van der Waals surface area contributed by atoms with E-state index in [1.54, 1.807) is 0 Å². The van der Waals surface area contributed by atoms with E-state index in [-0.39, 0.29) is 5.92 Å². The fourth-order valence-electron chi connectivity index (χ4n) is 2.27. The lowest BCUT2D eigenvalue weighted by Crippen LogP contribution is -2.42. The number of benzene rings is 1. The van der Waals surface area contributed by atoms with Gasteiger partial charge < -0.3 is 10.6 Å². The molecule has 1 amide bonds. The van der Waals surface area contributed by atoms with Crippen molar-refractivity contribution in [1.29, 1.82) is 0 Å². The second kappa shape index (κ2) is 6.26. The third kappa shape index (κ3) is 3.30. The van der Waals surface area contributed by atoms with Crippen molar-refractivity contribution in [2.75, 3.05) is 13.1 Å². The Bertz CT molecular complexity index is 499. The minimum atomic E-state index is -1.62. The maximum absolute atomic E-state index is 13.4. The first-order valence-corrected chi connectivity index (χ1v) is 6.64. The van der Waals surface area contributed by atoms with Crippen LogP contribution in [0.2, 0.25) is 0 Å². The highest BCUT2D eigenvalue weighted by atomic mass is 19.2. The van der Waals surface area contributed by atoms with Gasteiger partial charge in [-0.3, -0.25) is 4.79 Å². The predicted molar refractivity (Wildman–Crippen MR) is 68.8 cm³/mol. The molecule has 1 fully saturated rings. The lowest BCUT2D eigenvalue weighted by molar-refractivity contribution is 0.0938. The van der Waals surface area contributed by atoms with Gasteiger partial charge in [-0.15, -0.1) is 0 Å². The summed E-state index contributed by atoms with van der Waals surface area (Å²) in [4.78, 5) is 11.8. The van der Waals surface area contributed by atoms with Crippen LogP contribution in [-0.2, 0) is 0 Å². The topological polar surface area (TPSA) is 41.1 Å². The molecule has 1 heterocycles. The van der Waals surface area contributed by atoms with Crippen molar-refractivity contribution in [3.05, 3.63) is 35.1 Å². The van der Waals surface area contributed by atoms with E-state index in [0.717, 1.165) is 31.5 Å². The average molecular weight is 286 g/mol. The van der Waals surface area contributed by atoms with E-state index in [4.69, 9.17) is 0 Å². The molecule has 1 aliphatic rings. The highest BCUT2D eigenvalue weighted by molar-refractivity contribution is 5.94. The summed E-state index contributed by atoms with van der Waals surface area (Å²) in [6.45, 7) is 3.25. The van der Waals surface area contributed by atoms with Crippen LogP contribution in [0.3, 0.4) is 0 Å². The van der Waals surface area contributed by atoms with Gasteiger partial charge in [0.25, 0.3) is 5.91 Å². The highest BCUT2D eigenvalue weighted by Gasteiger charge is 2.21. The zero-order chi connectivity index (χ0) is 14.7. The molecule has 0 saturated carbocycles. The molecule has 0 radical (unpaired) electrons. The molecular weight excluding hydrogens is 269 g/mol. The van der Waals surface area contributed by atoms with Crippen molar-refractivity contribution < 1.29 is 18.0 Å². The van der Waals surface area contributed by atoms with Crippen LogP contribution in [0.15, 0.2) is 12.1 Å². The van der Waals surface area contributed by atoms with Crippen LogP contribution in [-0.4, -0.2) is 25.0 Å². The summed E-state index contributed by atoms with van der Waals surface area (Å²) < 4.78 is 39.3. The lowest BCUT2D eigenvalue weighted by Gasteiger charge is -2.27. The summed E-state index contributed by atoms with van der Waals surface area (Å²) in [6.07, 6.45) is 1.98. The molecule has 1 aliphatic heterocycles. The van der Waals surface area contributed by atoms with E-state index in [1.807, 2.05) is 0 Å². The third-order valence-electron chi connectivity index (χ3n) is 3.59. The molecule has 0 spiro atoms. The van der Waals surface area contributed by atoms with Crippen LogP contribution >= 0.6 is 0 Å². The largest absolute Gasteiger partial charge is 0.352 e. The van der Waals surface area contributed by atoms with Gasteiger partial charge in [-0.25, -0.2) is 13.2 Å². The molecule has 110 valence electrons. The maximum Gasteiger partial charge on any atom is 0.254 e. The summed E-state index contributed by atoms with van der Waals surface area (Å²) in [5.74, 6) is -4.82. The van der Waals surface area contributed by atoms with Crippen molar-refractivity contribution in [1.82, 2.24) is 10.6 Å². The summed E-state index contributed by atoms with van der Waals surface area (Å²) in [6, 6.07) is 2.16. The second-order valence-corrected chi connectivity index (χ2v) is 5.19. The first-order chi connectivity index (χ1) is 9.49. The number of hydrogen-bond donors (Lipinski definition) is 2. The smallest absolute Gasteiger partial charge is 0.254 e. The van der Waals surface area contributed by atoms with Crippen molar-refractivity contribution >= 4 is 5.91 Å². The minimum absolute atomic E-state index is 0.267. The van der Waals surface area contributed by atoms with Gasteiger partial charge in [-0.1, -0.05) is 0 Å². The zero-order valence-corrected chi connectivity index (χ0v) is 11.2. The van der Waals surface area contributed by atoms with Gasteiger partial charge in [-0.2, -0.15) is 0 Å². The molecule has 0 aromatic heterocycles. The lowest BCUT2D eigenvalue weighted by atomic mass is 9.95. The van der Waals surface area contributed by atoms with Crippen LogP contribution < -0.4 is 10.6 Å². The van der Waals surface area contributed by atoms with Gasteiger partial charge in [0, 0.05) is 12.6 Å².